The first-order valence-electron chi connectivity index (χ1n) is 4.75. The number of carbonyl (C=O) groups excluding carboxylic acids is 2. The first kappa shape index (κ1) is 11.8. The van der Waals surface area contributed by atoms with E-state index in [2.05, 4.69) is 16.9 Å². The van der Waals surface area contributed by atoms with E-state index in [9.17, 15) is 9.59 Å². The number of aldehydes is 1. The second kappa shape index (κ2) is 6.29. The van der Waals surface area contributed by atoms with Crippen molar-refractivity contribution >= 4 is 18.3 Å². The van der Waals surface area contributed by atoms with Crippen molar-refractivity contribution in [3.05, 3.63) is 48.3 Å². The maximum Gasteiger partial charge on any atom is 0.254 e. The summed E-state index contributed by atoms with van der Waals surface area (Å²) >= 11 is 0. The number of nitrogens with one attached hydrogen (secondary N) is 1. The lowest BCUT2D eigenvalue weighted by molar-refractivity contribution is -0.119. The van der Waals surface area contributed by atoms with Gasteiger partial charge in [0.05, 0.1) is 11.3 Å². The van der Waals surface area contributed by atoms with Gasteiger partial charge in [-0.1, -0.05) is 12.1 Å². The Bertz CT molecular complexity index is 410. The normalized spacial score (nSPS) is 10.6. The van der Waals surface area contributed by atoms with Gasteiger partial charge in [0.15, 0.2) is 6.29 Å². The molecule has 0 aliphatic rings. The third-order valence-corrected chi connectivity index (χ3v) is 1.79. The number of hydrogen-bond donors (Lipinski definition) is 1. The number of aromatic nitrogens is 1. The molecule has 1 heterocycles. The number of rotatable bonds is 5. The lowest BCUT2D eigenvalue weighted by atomic mass is 10.2. The summed E-state index contributed by atoms with van der Waals surface area (Å²) in [5.41, 5.74) is 0.610. The van der Waals surface area contributed by atoms with Gasteiger partial charge >= 0.3 is 0 Å². The van der Waals surface area contributed by atoms with Crippen LogP contribution in [0.3, 0.4) is 0 Å². The predicted octanol–water partition coefficient (Wildman–Crippen LogP) is 0.966. The molecule has 0 unspecified atom stereocenters. The van der Waals surface area contributed by atoms with Crippen LogP contribution in [0.2, 0.25) is 0 Å². The molecule has 0 saturated carbocycles. The van der Waals surface area contributed by atoms with E-state index in [1.165, 1.54) is 6.08 Å². The minimum Gasteiger partial charge on any atom is -0.348 e. The third kappa shape index (κ3) is 3.49. The molecule has 1 rings (SSSR count). The minimum atomic E-state index is -0.430. The summed E-state index contributed by atoms with van der Waals surface area (Å²) < 4.78 is 0. The molecule has 1 aromatic rings. The van der Waals surface area contributed by atoms with Crippen molar-refractivity contribution in [3.63, 3.8) is 0 Å². The first-order chi connectivity index (χ1) is 7.77. The van der Waals surface area contributed by atoms with E-state index >= 15 is 0 Å². The van der Waals surface area contributed by atoms with Gasteiger partial charge in [-0.15, -0.1) is 6.58 Å². The maximum atomic E-state index is 11.5. The van der Waals surface area contributed by atoms with Crippen molar-refractivity contribution in [2.45, 2.75) is 0 Å². The molecule has 0 aromatic carbocycles. The van der Waals surface area contributed by atoms with Crippen LogP contribution < -0.4 is 5.32 Å². The predicted molar refractivity (Wildman–Crippen MR) is 61.5 cm³/mol. The van der Waals surface area contributed by atoms with Crippen LogP contribution in [-0.2, 0) is 9.59 Å². The number of hydrogen-bond acceptors (Lipinski definition) is 3. The summed E-state index contributed by atoms with van der Waals surface area (Å²) in [6, 6.07) is 5.25. The Morgan fingerprint density at radius 1 is 1.50 bits per heavy atom. The van der Waals surface area contributed by atoms with E-state index in [0.717, 1.165) is 0 Å². The first-order valence-corrected chi connectivity index (χ1v) is 4.75. The van der Waals surface area contributed by atoms with Gasteiger partial charge in [0, 0.05) is 12.7 Å². The SMILES string of the molecule is C=CCNC(=O)/C(C=O)=C/c1ccccn1. The van der Waals surface area contributed by atoms with Crippen molar-refractivity contribution in [3.8, 4) is 0 Å². The molecule has 0 aliphatic heterocycles. The molecular weight excluding hydrogens is 204 g/mol. The molecule has 1 amide bonds. The molecule has 0 aliphatic carbocycles. The molecule has 0 fully saturated rings. The highest BCUT2D eigenvalue weighted by atomic mass is 16.2. The number of carbonyl (C=O) groups is 2. The Labute approximate surface area is 93.7 Å². The Morgan fingerprint density at radius 3 is 2.88 bits per heavy atom. The zero-order valence-electron chi connectivity index (χ0n) is 8.72. The van der Waals surface area contributed by atoms with Crippen LogP contribution >= 0.6 is 0 Å². The molecular formula is C12H12N2O2. The Morgan fingerprint density at radius 2 is 2.31 bits per heavy atom. The average Bonchev–Trinajstić information content (AvgIpc) is 2.34. The van der Waals surface area contributed by atoms with Gasteiger partial charge in [0.25, 0.3) is 5.91 Å². The Kier molecular flexibility index (Phi) is 4.66. The molecule has 0 bridgehead atoms. The fourth-order valence-electron chi connectivity index (χ4n) is 1.04. The van der Waals surface area contributed by atoms with Crippen LogP contribution in [0.4, 0.5) is 0 Å². The molecule has 1 N–H and O–H groups in total. The molecule has 1 aromatic heterocycles. The van der Waals surface area contributed by atoms with Gasteiger partial charge in [0.1, 0.15) is 0 Å². The van der Waals surface area contributed by atoms with Gasteiger partial charge in [-0.3, -0.25) is 14.6 Å². The van der Waals surface area contributed by atoms with Crippen LogP contribution in [0.5, 0.6) is 0 Å². The van der Waals surface area contributed by atoms with E-state index in [0.29, 0.717) is 18.5 Å². The fourth-order valence-corrected chi connectivity index (χ4v) is 1.04. The van der Waals surface area contributed by atoms with E-state index in [1.54, 1.807) is 30.5 Å². The molecule has 4 heteroatoms. The molecule has 0 radical (unpaired) electrons. The average molecular weight is 216 g/mol. The summed E-state index contributed by atoms with van der Waals surface area (Å²) in [5.74, 6) is -0.430. The standard InChI is InChI=1S/C12H12N2O2/c1-2-6-14-12(16)10(9-15)8-11-5-3-4-7-13-11/h2-5,7-9H,1,6H2,(H,14,16)/b10-8+. The summed E-state index contributed by atoms with van der Waals surface area (Å²) in [6.45, 7) is 3.79. The smallest absolute Gasteiger partial charge is 0.254 e. The summed E-state index contributed by atoms with van der Waals surface area (Å²) in [4.78, 5) is 26.2. The summed E-state index contributed by atoms with van der Waals surface area (Å²) in [5, 5.41) is 2.52. The molecule has 4 nitrogen and oxygen atoms in total. The third-order valence-electron chi connectivity index (χ3n) is 1.79. The van der Waals surface area contributed by atoms with E-state index in [4.69, 9.17) is 0 Å². The topological polar surface area (TPSA) is 59.1 Å². The van der Waals surface area contributed by atoms with E-state index in [1.807, 2.05) is 0 Å². The quantitative estimate of drug-likeness (QED) is 0.262. The van der Waals surface area contributed by atoms with Gasteiger partial charge in [-0.25, -0.2) is 0 Å². The summed E-state index contributed by atoms with van der Waals surface area (Å²) in [7, 11) is 0. The highest BCUT2D eigenvalue weighted by molar-refractivity contribution is 6.14. The summed E-state index contributed by atoms with van der Waals surface area (Å²) in [6.07, 6.45) is 5.08. The number of pyridine rings is 1. The second-order valence-electron chi connectivity index (χ2n) is 2.97. The Hall–Kier alpha value is -2.23. The van der Waals surface area contributed by atoms with Crippen LogP contribution in [0.15, 0.2) is 42.6 Å². The highest BCUT2D eigenvalue weighted by Crippen LogP contribution is 2.01. The minimum absolute atomic E-state index is 0.0422. The number of nitrogens with zero attached hydrogens (tertiary/aromatic N) is 1. The van der Waals surface area contributed by atoms with Crippen molar-refractivity contribution in [1.82, 2.24) is 10.3 Å². The van der Waals surface area contributed by atoms with Gasteiger partial charge < -0.3 is 5.32 Å². The lowest BCUT2D eigenvalue weighted by Gasteiger charge is -2.00. The van der Waals surface area contributed by atoms with Crippen LogP contribution in [0.1, 0.15) is 5.69 Å². The van der Waals surface area contributed by atoms with Crippen LogP contribution in [-0.4, -0.2) is 23.7 Å². The fraction of sp³-hybridized carbons (Fsp3) is 0.0833. The van der Waals surface area contributed by atoms with E-state index < -0.39 is 5.91 Å². The van der Waals surface area contributed by atoms with Crippen molar-refractivity contribution in [2.75, 3.05) is 6.54 Å². The molecule has 82 valence electrons. The van der Waals surface area contributed by atoms with E-state index in [-0.39, 0.29) is 5.57 Å². The number of amides is 1. The van der Waals surface area contributed by atoms with Crippen LogP contribution in [0.25, 0.3) is 6.08 Å². The largest absolute Gasteiger partial charge is 0.348 e. The maximum absolute atomic E-state index is 11.5. The second-order valence-corrected chi connectivity index (χ2v) is 2.97. The molecule has 0 atom stereocenters. The zero-order chi connectivity index (χ0) is 11.8. The zero-order valence-corrected chi connectivity index (χ0v) is 8.72. The van der Waals surface area contributed by atoms with Gasteiger partial charge in [-0.2, -0.15) is 0 Å². The van der Waals surface area contributed by atoms with Crippen molar-refractivity contribution in [2.24, 2.45) is 0 Å². The highest BCUT2D eigenvalue weighted by Gasteiger charge is 2.06. The van der Waals surface area contributed by atoms with Crippen molar-refractivity contribution in [1.29, 1.82) is 0 Å². The molecule has 0 spiro atoms. The van der Waals surface area contributed by atoms with Gasteiger partial charge in [0.2, 0.25) is 0 Å². The molecule has 0 saturated heterocycles. The lowest BCUT2D eigenvalue weighted by Crippen LogP contribution is -2.25. The molecule has 16 heavy (non-hydrogen) atoms. The van der Waals surface area contributed by atoms with Crippen LogP contribution in [0, 0.1) is 0 Å². The van der Waals surface area contributed by atoms with Crippen molar-refractivity contribution < 1.29 is 9.59 Å². The monoisotopic (exact) mass is 216 g/mol. The Balaban J connectivity index is 2.81. The van der Waals surface area contributed by atoms with Gasteiger partial charge in [-0.05, 0) is 18.2 Å².